The lowest BCUT2D eigenvalue weighted by atomic mass is 9.97. The predicted octanol–water partition coefficient (Wildman–Crippen LogP) is 2.84. The lowest BCUT2D eigenvalue weighted by Crippen LogP contribution is -2.41. The van der Waals surface area contributed by atoms with Crippen molar-refractivity contribution in [2.24, 2.45) is 5.92 Å². The Morgan fingerprint density at radius 1 is 1.18 bits per heavy atom. The van der Waals surface area contributed by atoms with E-state index < -0.39 is 16.1 Å². The van der Waals surface area contributed by atoms with Gasteiger partial charge in [0.15, 0.2) is 6.10 Å². The summed E-state index contributed by atoms with van der Waals surface area (Å²) in [4.78, 5) is 24.8. The van der Waals surface area contributed by atoms with Crippen LogP contribution in [0.4, 0.5) is 11.4 Å². The summed E-state index contributed by atoms with van der Waals surface area (Å²) in [7, 11) is -2.19. The van der Waals surface area contributed by atoms with Gasteiger partial charge in [0.1, 0.15) is 11.5 Å². The average molecular weight is 474 g/mol. The number of fused-ring (bicyclic) bond motifs is 1. The summed E-state index contributed by atoms with van der Waals surface area (Å²) in [6.07, 6.45) is 0.781. The number of anilines is 2. The van der Waals surface area contributed by atoms with Crippen LogP contribution in [0.5, 0.6) is 11.5 Å². The highest BCUT2D eigenvalue weighted by atomic mass is 32.2. The number of benzene rings is 2. The molecular formula is C23H27N3O6S. The first-order chi connectivity index (χ1) is 15.8. The van der Waals surface area contributed by atoms with E-state index in [1.165, 1.54) is 16.4 Å². The molecule has 1 atom stereocenters. The van der Waals surface area contributed by atoms with Gasteiger partial charge >= 0.3 is 0 Å². The van der Waals surface area contributed by atoms with E-state index in [0.717, 1.165) is 0 Å². The zero-order valence-corrected chi connectivity index (χ0v) is 19.4. The normalized spacial score (nSPS) is 19.2. The van der Waals surface area contributed by atoms with E-state index in [9.17, 15) is 18.0 Å². The van der Waals surface area contributed by atoms with Gasteiger partial charge in [-0.15, -0.1) is 0 Å². The smallest absolute Gasteiger partial charge is 0.265 e. The third-order valence-electron chi connectivity index (χ3n) is 5.96. The van der Waals surface area contributed by atoms with Crippen molar-refractivity contribution in [3.63, 3.8) is 0 Å². The molecule has 1 saturated heterocycles. The number of rotatable bonds is 6. The Hall–Kier alpha value is -3.11. The van der Waals surface area contributed by atoms with Crippen LogP contribution in [0.15, 0.2) is 47.4 Å². The van der Waals surface area contributed by atoms with Crippen LogP contribution in [-0.2, 0) is 19.6 Å². The Morgan fingerprint density at radius 3 is 2.52 bits per heavy atom. The van der Waals surface area contributed by atoms with E-state index in [1.54, 1.807) is 37.4 Å². The Labute approximate surface area is 193 Å². The van der Waals surface area contributed by atoms with Gasteiger partial charge in [0.25, 0.3) is 5.91 Å². The predicted molar refractivity (Wildman–Crippen MR) is 123 cm³/mol. The first-order valence-electron chi connectivity index (χ1n) is 10.9. The van der Waals surface area contributed by atoms with Crippen LogP contribution in [0.25, 0.3) is 0 Å². The van der Waals surface area contributed by atoms with E-state index in [0.29, 0.717) is 42.1 Å². The van der Waals surface area contributed by atoms with Crippen molar-refractivity contribution in [2.45, 2.75) is 37.2 Å². The van der Waals surface area contributed by atoms with E-state index in [1.807, 2.05) is 6.92 Å². The molecule has 9 nitrogen and oxygen atoms in total. The van der Waals surface area contributed by atoms with Gasteiger partial charge in [-0.2, -0.15) is 4.31 Å². The molecule has 2 aromatic carbocycles. The molecule has 0 spiro atoms. The van der Waals surface area contributed by atoms with Crippen LogP contribution in [0.1, 0.15) is 26.2 Å². The number of nitrogens with zero attached hydrogens (tertiary/aromatic N) is 1. The molecule has 33 heavy (non-hydrogen) atoms. The lowest BCUT2D eigenvalue weighted by Gasteiger charge is -2.31. The Kier molecular flexibility index (Phi) is 6.57. The SMILES string of the molecule is CC[C@H]1Oc2ccc(S(=O)(=O)N3CCC(C(=O)Nc4ccc(OC)cc4)CC3)cc2NC1=O. The molecule has 2 N–H and O–H groups in total. The molecule has 2 heterocycles. The molecule has 2 aromatic rings. The van der Waals surface area contributed by atoms with Crippen molar-refractivity contribution in [3.8, 4) is 11.5 Å². The van der Waals surface area contributed by atoms with Gasteiger partial charge in [-0.05, 0) is 61.7 Å². The van der Waals surface area contributed by atoms with E-state index in [2.05, 4.69) is 10.6 Å². The summed E-state index contributed by atoms with van der Waals surface area (Å²) in [5.74, 6) is 0.458. The van der Waals surface area contributed by atoms with E-state index in [-0.39, 0.29) is 35.7 Å². The van der Waals surface area contributed by atoms with Crippen LogP contribution >= 0.6 is 0 Å². The summed E-state index contributed by atoms with van der Waals surface area (Å²) in [5, 5.41) is 5.60. The van der Waals surface area contributed by atoms with Gasteiger partial charge < -0.3 is 20.1 Å². The quantitative estimate of drug-likeness (QED) is 0.667. The number of methoxy groups -OCH3 is 1. The molecule has 0 unspecified atom stereocenters. The van der Waals surface area contributed by atoms with Crippen molar-refractivity contribution in [3.05, 3.63) is 42.5 Å². The molecule has 0 radical (unpaired) electrons. The molecule has 176 valence electrons. The van der Waals surface area contributed by atoms with Crippen molar-refractivity contribution >= 4 is 33.2 Å². The topological polar surface area (TPSA) is 114 Å². The molecule has 2 aliphatic heterocycles. The van der Waals surface area contributed by atoms with Gasteiger partial charge in [0.2, 0.25) is 15.9 Å². The fraction of sp³-hybridized carbons (Fsp3) is 0.391. The molecule has 1 fully saturated rings. The van der Waals surface area contributed by atoms with Crippen molar-refractivity contribution in [2.75, 3.05) is 30.8 Å². The maximum Gasteiger partial charge on any atom is 0.265 e. The summed E-state index contributed by atoms with van der Waals surface area (Å²) in [6, 6.07) is 11.5. The van der Waals surface area contributed by atoms with Crippen LogP contribution in [0.3, 0.4) is 0 Å². The highest BCUT2D eigenvalue weighted by Crippen LogP contribution is 2.34. The summed E-state index contributed by atoms with van der Waals surface area (Å²) in [6.45, 7) is 2.32. The highest BCUT2D eigenvalue weighted by molar-refractivity contribution is 7.89. The fourth-order valence-corrected chi connectivity index (χ4v) is 5.48. The molecule has 0 bridgehead atoms. The molecule has 0 aromatic heterocycles. The maximum atomic E-state index is 13.2. The molecule has 4 rings (SSSR count). The number of ether oxygens (including phenoxy) is 2. The Bertz CT molecular complexity index is 1140. The standard InChI is InChI=1S/C23H27N3O6S/c1-3-20-23(28)25-19-14-18(8-9-21(19)32-20)33(29,30)26-12-10-15(11-13-26)22(27)24-16-4-6-17(31-2)7-5-16/h4-9,14-15,20H,3,10-13H2,1-2H3,(H,24,27)(H,25,28)/t20-/m1/s1. The molecular weight excluding hydrogens is 446 g/mol. The number of amides is 2. The van der Waals surface area contributed by atoms with Gasteiger partial charge in [-0.25, -0.2) is 8.42 Å². The van der Waals surface area contributed by atoms with Crippen LogP contribution in [-0.4, -0.2) is 50.8 Å². The number of nitrogens with one attached hydrogen (secondary N) is 2. The molecule has 0 aliphatic carbocycles. The van der Waals surface area contributed by atoms with E-state index in [4.69, 9.17) is 9.47 Å². The maximum absolute atomic E-state index is 13.2. The minimum Gasteiger partial charge on any atom is -0.497 e. The van der Waals surface area contributed by atoms with E-state index >= 15 is 0 Å². The third-order valence-corrected chi connectivity index (χ3v) is 7.86. The zero-order chi connectivity index (χ0) is 23.6. The Balaban J connectivity index is 1.39. The molecule has 2 amide bonds. The molecule has 2 aliphatic rings. The highest BCUT2D eigenvalue weighted by Gasteiger charge is 2.33. The van der Waals surface area contributed by atoms with Crippen molar-refractivity contribution in [1.29, 1.82) is 0 Å². The number of piperidine rings is 1. The van der Waals surface area contributed by atoms with Crippen molar-refractivity contribution < 1.29 is 27.5 Å². The first-order valence-corrected chi connectivity index (χ1v) is 12.3. The van der Waals surface area contributed by atoms with Gasteiger partial charge in [-0.1, -0.05) is 6.92 Å². The number of hydrogen-bond donors (Lipinski definition) is 2. The number of carbonyl (C=O) groups excluding carboxylic acids is 2. The minimum atomic E-state index is -3.77. The number of carbonyl (C=O) groups is 2. The lowest BCUT2D eigenvalue weighted by molar-refractivity contribution is -0.123. The van der Waals surface area contributed by atoms with Crippen molar-refractivity contribution in [1.82, 2.24) is 4.31 Å². The molecule has 0 saturated carbocycles. The second kappa shape index (κ2) is 9.40. The van der Waals surface area contributed by atoms with Gasteiger partial charge in [0, 0.05) is 24.7 Å². The summed E-state index contributed by atoms with van der Waals surface area (Å²) >= 11 is 0. The van der Waals surface area contributed by atoms with Crippen LogP contribution in [0.2, 0.25) is 0 Å². The third kappa shape index (κ3) is 4.81. The first kappa shape index (κ1) is 23.1. The van der Waals surface area contributed by atoms with Crippen LogP contribution in [0, 0.1) is 5.92 Å². The number of sulfonamides is 1. The van der Waals surface area contributed by atoms with Crippen LogP contribution < -0.4 is 20.1 Å². The fourth-order valence-electron chi connectivity index (χ4n) is 3.98. The average Bonchev–Trinajstić information content (AvgIpc) is 2.83. The Morgan fingerprint density at radius 2 is 1.88 bits per heavy atom. The molecule has 10 heteroatoms. The van der Waals surface area contributed by atoms with Gasteiger partial charge in [-0.3, -0.25) is 9.59 Å². The largest absolute Gasteiger partial charge is 0.497 e. The summed E-state index contributed by atoms with van der Waals surface area (Å²) < 4.78 is 38.5. The second-order valence-corrected chi connectivity index (χ2v) is 10.00. The monoisotopic (exact) mass is 473 g/mol. The number of hydrogen-bond acceptors (Lipinski definition) is 6. The zero-order valence-electron chi connectivity index (χ0n) is 18.5. The second-order valence-electron chi connectivity index (χ2n) is 8.06. The summed E-state index contributed by atoms with van der Waals surface area (Å²) in [5.41, 5.74) is 1.01. The minimum absolute atomic E-state index is 0.0845. The van der Waals surface area contributed by atoms with Gasteiger partial charge in [0.05, 0.1) is 17.7 Å².